The molecule has 2 bridgehead atoms. The molecule has 0 unspecified atom stereocenters. The highest BCUT2D eigenvalue weighted by molar-refractivity contribution is 8.00. The highest BCUT2D eigenvalue weighted by atomic mass is 32.2. The summed E-state index contributed by atoms with van der Waals surface area (Å²) in [6.07, 6.45) is 0.831. The molecule has 5 aliphatic rings. The minimum Gasteiger partial charge on any atom is -0.484 e. The highest BCUT2D eigenvalue weighted by Gasteiger charge is 2.69. The third kappa shape index (κ3) is 4.00. The number of fused-ring (bicyclic) bond motifs is 9. The number of ether oxygens (including phenoxy) is 2. The molecule has 0 spiro atoms. The lowest BCUT2D eigenvalue weighted by Crippen LogP contribution is -2.43. The van der Waals surface area contributed by atoms with E-state index in [9.17, 15) is 19.2 Å². The second-order valence-electron chi connectivity index (χ2n) is 11.7. The van der Waals surface area contributed by atoms with Crippen LogP contribution in [-0.2, 0) is 19.1 Å². The van der Waals surface area contributed by atoms with Crippen molar-refractivity contribution in [2.24, 2.45) is 29.6 Å². The van der Waals surface area contributed by atoms with Crippen LogP contribution in [0.2, 0.25) is 0 Å². The van der Waals surface area contributed by atoms with E-state index in [-0.39, 0.29) is 70.0 Å². The predicted octanol–water partition coefficient (Wildman–Crippen LogP) is 3.35. The summed E-state index contributed by atoms with van der Waals surface area (Å²) in [4.78, 5) is 60.0. The van der Waals surface area contributed by atoms with E-state index in [1.54, 1.807) is 16.7 Å². The molecule has 11 heteroatoms. The second-order valence-corrected chi connectivity index (χ2v) is 13.9. The molecule has 2 saturated carbocycles. The Kier molecular flexibility index (Phi) is 6.31. The van der Waals surface area contributed by atoms with Gasteiger partial charge in [-0.1, -0.05) is 41.7 Å². The molecule has 2 saturated heterocycles. The minimum atomic E-state index is -0.352. The third-order valence-electron chi connectivity index (χ3n) is 9.68. The Labute approximate surface area is 250 Å². The zero-order valence-corrected chi connectivity index (χ0v) is 24.3. The number of hydrogen-bond donors (Lipinski definition) is 1. The molecule has 1 aromatic heterocycles. The Bertz CT molecular complexity index is 1630. The van der Waals surface area contributed by atoms with Crippen LogP contribution in [0.1, 0.15) is 22.8 Å². The van der Waals surface area contributed by atoms with Gasteiger partial charge in [0.25, 0.3) is 5.91 Å². The molecule has 0 radical (unpaired) electrons. The van der Waals surface area contributed by atoms with E-state index in [0.29, 0.717) is 37.7 Å². The maximum Gasteiger partial charge on any atom is 0.305 e. The summed E-state index contributed by atoms with van der Waals surface area (Å²) in [7, 11) is 0. The van der Waals surface area contributed by atoms with Gasteiger partial charge in [0, 0.05) is 29.1 Å². The summed E-state index contributed by atoms with van der Waals surface area (Å²) < 4.78 is 11.3. The summed E-state index contributed by atoms with van der Waals surface area (Å²) in [5.41, 5.74) is 1.63. The molecule has 2 aliphatic carbocycles. The van der Waals surface area contributed by atoms with Crippen molar-refractivity contribution in [3.63, 3.8) is 0 Å². The van der Waals surface area contributed by atoms with Crippen molar-refractivity contribution in [1.29, 1.82) is 0 Å². The van der Waals surface area contributed by atoms with Crippen LogP contribution in [-0.4, -0.2) is 65.8 Å². The number of aromatic nitrogens is 1. The molecule has 3 amide bonds. The van der Waals surface area contributed by atoms with Gasteiger partial charge in [-0.25, -0.2) is 0 Å². The van der Waals surface area contributed by atoms with E-state index >= 15 is 0 Å². The number of carbonyl (C=O) groups excluding carboxylic acids is 3. The van der Waals surface area contributed by atoms with Gasteiger partial charge in [-0.3, -0.25) is 24.1 Å². The van der Waals surface area contributed by atoms with Crippen molar-refractivity contribution in [2.45, 2.75) is 22.6 Å². The lowest BCUT2D eigenvalue weighted by Gasteiger charge is -2.43. The number of carbonyl (C=O) groups is 3. The van der Waals surface area contributed by atoms with E-state index in [4.69, 9.17) is 9.47 Å². The van der Waals surface area contributed by atoms with Crippen LogP contribution in [0, 0.1) is 29.6 Å². The van der Waals surface area contributed by atoms with Gasteiger partial charge in [0.2, 0.25) is 11.8 Å². The maximum absolute atomic E-state index is 13.9. The van der Waals surface area contributed by atoms with E-state index in [2.05, 4.69) is 4.98 Å². The van der Waals surface area contributed by atoms with Crippen molar-refractivity contribution < 1.29 is 23.9 Å². The molecular weight excluding hydrogens is 574 g/mol. The molecule has 3 aliphatic heterocycles. The molecule has 3 aromatic rings. The Balaban J connectivity index is 1.11. The first-order valence-electron chi connectivity index (χ1n) is 14.4. The van der Waals surface area contributed by atoms with Crippen molar-refractivity contribution >= 4 is 46.5 Å². The van der Waals surface area contributed by atoms with Crippen molar-refractivity contribution in [3.8, 4) is 5.75 Å². The van der Waals surface area contributed by atoms with Crippen LogP contribution >= 0.6 is 23.1 Å². The van der Waals surface area contributed by atoms with Gasteiger partial charge in [0.05, 0.1) is 35.8 Å². The number of rotatable bonds is 5. The minimum absolute atomic E-state index is 0.0329. The number of thioether (sulfide) groups is 1. The summed E-state index contributed by atoms with van der Waals surface area (Å²) >= 11 is 2.90. The van der Waals surface area contributed by atoms with Crippen LogP contribution in [0.15, 0.2) is 64.4 Å². The number of anilines is 1. The zero-order valence-electron chi connectivity index (χ0n) is 22.6. The monoisotopic (exact) mass is 603 g/mol. The molecule has 9 nitrogen and oxygen atoms in total. The lowest BCUT2D eigenvalue weighted by atomic mass is 9.68. The molecule has 1 N–H and O–H groups in total. The number of para-hydroxylation sites is 1. The van der Waals surface area contributed by atoms with E-state index in [1.807, 2.05) is 54.6 Å². The topological polar surface area (TPSA) is 109 Å². The predicted molar refractivity (Wildman–Crippen MR) is 157 cm³/mol. The summed E-state index contributed by atoms with van der Waals surface area (Å²) in [6, 6.07) is 17.0. The van der Waals surface area contributed by atoms with Crippen LogP contribution in [0.3, 0.4) is 0 Å². The van der Waals surface area contributed by atoms with Gasteiger partial charge in [0.1, 0.15) is 5.75 Å². The van der Waals surface area contributed by atoms with Crippen molar-refractivity contribution in [3.05, 3.63) is 74.7 Å². The van der Waals surface area contributed by atoms with Gasteiger partial charge < -0.3 is 19.4 Å². The normalized spacial score (nSPS) is 31.2. The number of amides is 3. The van der Waals surface area contributed by atoms with Crippen LogP contribution < -0.4 is 14.5 Å². The Hall–Kier alpha value is -3.41. The maximum atomic E-state index is 13.9. The number of H-pyrrole nitrogens is 1. The fourth-order valence-corrected chi connectivity index (χ4v) is 11.0. The highest BCUT2D eigenvalue weighted by Crippen LogP contribution is 2.68. The van der Waals surface area contributed by atoms with E-state index < -0.39 is 0 Å². The Morgan fingerprint density at radius 1 is 0.976 bits per heavy atom. The van der Waals surface area contributed by atoms with Gasteiger partial charge in [-0.15, -0.1) is 11.8 Å². The van der Waals surface area contributed by atoms with Crippen LogP contribution in [0.25, 0.3) is 0 Å². The molecule has 2 aromatic carbocycles. The molecular formula is C31H29N3O6S2. The zero-order chi connectivity index (χ0) is 28.5. The van der Waals surface area contributed by atoms with E-state index in [1.165, 1.54) is 16.2 Å². The number of thiazole rings is 1. The molecule has 4 fully saturated rings. The smallest absolute Gasteiger partial charge is 0.305 e. The molecule has 8 rings (SSSR count). The summed E-state index contributed by atoms with van der Waals surface area (Å²) in [5.74, 6) is -0.277. The number of benzene rings is 2. The number of nitrogens with zero attached hydrogens (tertiary/aromatic N) is 2. The van der Waals surface area contributed by atoms with Crippen molar-refractivity contribution in [2.75, 3.05) is 37.8 Å². The van der Waals surface area contributed by atoms with Crippen LogP contribution in [0.4, 0.5) is 5.69 Å². The van der Waals surface area contributed by atoms with Gasteiger partial charge in [-0.05, 0) is 54.0 Å². The Morgan fingerprint density at radius 2 is 1.74 bits per heavy atom. The van der Waals surface area contributed by atoms with Crippen LogP contribution in [0.5, 0.6) is 5.75 Å². The number of hydrogen-bond acceptors (Lipinski definition) is 8. The molecule has 216 valence electrons. The number of aromatic amines is 1. The first-order valence-corrected chi connectivity index (χ1v) is 16.1. The second kappa shape index (κ2) is 10.1. The third-order valence-corrected chi connectivity index (χ3v) is 12.3. The molecule has 7 atom stereocenters. The molecule has 4 heterocycles. The average molecular weight is 604 g/mol. The fourth-order valence-electron chi connectivity index (χ4n) is 8.07. The first-order chi connectivity index (χ1) is 20.5. The fraction of sp³-hybridized carbons (Fsp3) is 0.419. The average Bonchev–Trinajstić information content (AvgIpc) is 3.75. The Morgan fingerprint density at radius 3 is 2.52 bits per heavy atom. The SMILES string of the molecule is O=C(COc1cccc([C@@H]2c3sc(=O)[nH]c3S[C@@H]3[C@@H]4C[C@@H]([C@@H]5C(=O)N(c6ccccc6)C(=O)[C@@H]45)[C@H]23)c1)N1CCOCC1. The van der Waals surface area contributed by atoms with Gasteiger partial charge >= 0.3 is 4.87 Å². The quantitative estimate of drug-likeness (QED) is 0.446. The van der Waals surface area contributed by atoms with Gasteiger partial charge in [0.15, 0.2) is 6.61 Å². The lowest BCUT2D eigenvalue weighted by molar-refractivity contribution is -0.137. The molecule has 42 heavy (non-hydrogen) atoms. The first kappa shape index (κ1) is 26.2. The van der Waals surface area contributed by atoms with Crippen molar-refractivity contribution in [1.82, 2.24) is 9.88 Å². The number of imide groups is 1. The largest absolute Gasteiger partial charge is 0.484 e. The van der Waals surface area contributed by atoms with E-state index in [0.717, 1.165) is 21.9 Å². The number of nitrogens with one attached hydrogen (secondary N) is 1. The summed E-state index contributed by atoms with van der Waals surface area (Å²) in [6.45, 7) is 2.14. The van der Waals surface area contributed by atoms with Gasteiger partial charge in [-0.2, -0.15) is 0 Å². The summed E-state index contributed by atoms with van der Waals surface area (Å²) in [5, 5.41) is 0.977. The standard InChI is InChI=1S/C31H29N3O6S2/c35-21(33-9-11-39-12-10-33)15-40-18-8-4-5-16(13-18)22-23-19-14-20(26(23)41-28-27(22)42-31(38)32-28)25-24(19)29(36)34(30(25)37)17-6-2-1-3-7-17/h1-8,13,19-20,22-26H,9-12,14-15H2,(H,32,38)/t19-,20-,22+,23-,24+,25+,26-/m1/s1. The number of morpholine rings is 1.